The number of rotatable bonds is 27. The lowest BCUT2D eigenvalue weighted by atomic mass is 9.74. The molecule has 0 rings (SSSR count). The fourth-order valence-corrected chi connectivity index (χ4v) is 6.03. The normalized spacial score (nSPS) is 11.7. The first-order valence-electron chi connectivity index (χ1n) is 17.2. The van der Waals surface area contributed by atoms with Crippen LogP contribution in [0.1, 0.15) is 142 Å². The summed E-state index contributed by atoms with van der Waals surface area (Å²) in [5.41, 5.74) is 12.3. The molecule has 0 aromatic heterocycles. The average molecular weight is 690 g/mol. The van der Waals surface area contributed by atoms with E-state index in [1.165, 1.54) is 51.4 Å². The number of aliphatic carboxylic acids is 2. The van der Waals surface area contributed by atoms with E-state index < -0.39 is 32.7 Å². The zero-order valence-electron chi connectivity index (χ0n) is 28.9. The number of hydrogen-bond donors (Lipinski definition) is 9. The predicted molar refractivity (Wildman–Crippen MR) is 185 cm³/mol. The molecule has 1 unspecified atom stereocenters. The fraction of sp³-hybridized carbons (Fsp3) is 0.938. The lowest BCUT2D eigenvalue weighted by Gasteiger charge is -2.33. The molecule has 12 N–H and O–H groups in total. The van der Waals surface area contributed by atoms with E-state index in [1.807, 2.05) is 0 Å². The minimum Gasteiger partial charge on any atom is -0.481 e. The van der Waals surface area contributed by atoms with Crippen molar-refractivity contribution in [2.24, 2.45) is 22.6 Å². The van der Waals surface area contributed by atoms with Crippen molar-refractivity contribution in [1.82, 2.24) is 0 Å². The molecule has 0 bridgehead atoms. The molecule has 0 amide bonds. The molecular weight excluding hydrogens is 618 g/mol. The molecular formula is C32H71N3O10S. The summed E-state index contributed by atoms with van der Waals surface area (Å²) < 4.78 is 33.6. The molecule has 280 valence electrons. The van der Waals surface area contributed by atoms with Crippen LogP contribution in [0.15, 0.2) is 0 Å². The zero-order valence-corrected chi connectivity index (χ0v) is 29.7. The van der Waals surface area contributed by atoms with Gasteiger partial charge in [0, 0.05) is 19.6 Å². The van der Waals surface area contributed by atoms with Crippen LogP contribution in [-0.2, 0) is 19.7 Å². The molecule has 0 saturated heterocycles. The Kier molecular flexibility index (Phi) is 42.6. The van der Waals surface area contributed by atoms with Crippen molar-refractivity contribution in [1.29, 1.82) is 0 Å². The molecule has 14 heteroatoms. The Bertz CT molecular complexity index is 721. The fourth-order valence-electron chi connectivity index (χ4n) is 4.86. The van der Waals surface area contributed by atoms with Gasteiger partial charge >= 0.3 is 11.9 Å². The Morgan fingerprint density at radius 2 is 0.804 bits per heavy atom. The molecule has 13 nitrogen and oxygen atoms in total. The summed E-state index contributed by atoms with van der Waals surface area (Å²) >= 11 is 0. The Morgan fingerprint density at radius 1 is 0.565 bits per heavy atom. The van der Waals surface area contributed by atoms with Crippen molar-refractivity contribution in [3.63, 3.8) is 0 Å². The van der Waals surface area contributed by atoms with Gasteiger partial charge in [0.05, 0.1) is 25.2 Å². The van der Waals surface area contributed by atoms with Crippen molar-refractivity contribution in [3.8, 4) is 0 Å². The summed E-state index contributed by atoms with van der Waals surface area (Å²) in [5.74, 6) is -3.24. The number of unbranched alkanes of at least 4 members (excludes halogenated alkanes) is 16. The van der Waals surface area contributed by atoms with Crippen LogP contribution in [0.4, 0.5) is 0 Å². The highest BCUT2D eigenvalue weighted by atomic mass is 32.2. The molecule has 0 radical (unpaired) electrons. The maximum atomic E-state index is 12.3. The van der Waals surface area contributed by atoms with E-state index in [0.29, 0.717) is 32.5 Å². The second-order valence-corrected chi connectivity index (χ2v) is 12.9. The van der Waals surface area contributed by atoms with Gasteiger partial charge in [0.15, 0.2) is 5.25 Å². The number of aliphatic hydroxyl groups is 3. The predicted octanol–water partition coefficient (Wildman–Crippen LogP) is 4.05. The van der Waals surface area contributed by atoms with Crippen molar-refractivity contribution in [3.05, 3.63) is 0 Å². The van der Waals surface area contributed by atoms with Crippen LogP contribution in [0.2, 0.25) is 0 Å². The van der Waals surface area contributed by atoms with Gasteiger partial charge < -0.3 is 42.7 Å². The second kappa shape index (κ2) is 38.1. The van der Waals surface area contributed by atoms with E-state index in [1.54, 1.807) is 0 Å². The van der Waals surface area contributed by atoms with Crippen molar-refractivity contribution in [2.75, 3.05) is 39.5 Å². The molecule has 0 spiro atoms. The first-order valence-corrected chi connectivity index (χ1v) is 18.7. The first-order chi connectivity index (χ1) is 21.9. The number of carboxylic acids is 2. The summed E-state index contributed by atoms with van der Waals surface area (Å²) in [4.78, 5) is 24.1. The van der Waals surface area contributed by atoms with Gasteiger partial charge in [0.25, 0.3) is 10.1 Å². The second-order valence-electron chi connectivity index (χ2n) is 11.4. The van der Waals surface area contributed by atoms with E-state index in [-0.39, 0.29) is 32.7 Å². The molecule has 0 saturated carbocycles. The van der Waals surface area contributed by atoms with E-state index in [4.69, 9.17) is 32.5 Å². The van der Waals surface area contributed by atoms with Gasteiger partial charge in [-0.15, -0.1) is 0 Å². The number of hydrogen-bond acceptors (Lipinski definition) is 10. The highest BCUT2D eigenvalue weighted by Gasteiger charge is 2.55. The van der Waals surface area contributed by atoms with E-state index in [9.17, 15) is 32.8 Å². The van der Waals surface area contributed by atoms with E-state index >= 15 is 0 Å². The topological polar surface area (TPSA) is 268 Å². The SMILES string of the molecule is CCCCCCCCCCCC(CCCCCCCCCCC)(C(=O)O)C(C(=O)O)S(=O)(=O)O.NCCO.NCCO.NCCO. The van der Waals surface area contributed by atoms with Gasteiger partial charge in [-0.2, -0.15) is 8.42 Å². The van der Waals surface area contributed by atoms with Gasteiger partial charge in [-0.1, -0.05) is 129 Å². The molecule has 0 aliphatic rings. The van der Waals surface area contributed by atoms with Gasteiger partial charge in [-0.05, 0) is 12.8 Å². The number of carboxylic acid groups (broad SMARTS) is 2. The van der Waals surface area contributed by atoms with Crippen molar-refractivity contribution < 1.29 is 48.1 Å². The van der Waals surface area contributed by atoms with Crippen molar-refractivity contribution in [2.45, 2.75) is 148 Å². The monoisotopic (exact) mass is 689 g/mol. The third-order valence-corrected chi connectivity index (χ3v) is 8.54. The summed E-state index contributed by atoms with van der Waals surface area (Å²) in [7, 11) is -5.07. The Labute approximate surface area is 279 Å². The van der Waals surface area contributed by atoms with Gasteiger partial charge in [-0.3, -0.25) is 14.1 Å². The molecule has 0 heterocycles. The smallest absolute Gasteiger partial charge is 0.325 e. The average Bonchev–Trinajstić information content (AvgIpc) is 3.02. The highest BCUT2D eigenvalue weighted by Crippen LogP contribution is 2.39. The third kappa shape index (κ3) is 32.5. The van der Waals surface area contributed by atoms with Gasteiger partial charge in [-0.25, -0.2) is 0 Å². The minimum atomic E-state index is -5.07. The van der Waals surface area contributed by atoms with E-state index in [0.717, 1.165) is 51.4 Å². The Hall–Kier alpha value is -1.39. The Balaban J connectivity index is -0.000000622. The molecule has 0 aliphatic carbocycles. The quantitative estimate of drug-likeness (QED) is 0.0436. The molecule has 1 atom stereocenters. The maximum Gasteiger partial charge on any atom is 0.325 e. The van der Waals surface area contributed by atoms with Crippen LogP contribution in [0.25, 0.3) is 0 Å². The third-order valence-electron chi connectivity index (χ3n) is 7.29. The molecule has 0 aliphatic heterocycles. The largest absolute Gasteiger partial charge is 0.481 e. The van der Waals surface area contributed by atoms with Crippen LogP contribution in [-0.4, -0.2) is 95.1 Å². The standard InChI is InChI=1S/C26H50O7S.3C2H7NO/c1-3-5-7-9-11-13-15-17-19-21-26(25(29)30,23(24(27)28)34(31,32)33)22-20-18-16-14-12-10-8-6-4-2;3*3-1-2-4/h23H,3-22H2,1-2H3,(H,27,28)(H,29,30)(H,31,32,33);3*4H,1-3H2. The summed E-state index contributed by atoms with van der Waals surface area (Å²) in [6.07, 6.45) is 17.9. The van der Waals surface area contributed by atoms with Gasteiger partial charge in [0.1, 0.15) is 0 Å². The number of nitrogens with two attached hydrogens (primary N) is 3. The number of aliphatic hydroxyl groups excluding tert-OH is 3. The van der Waals surface area contributed by atoms with Crippen LogP contribution in [0, 0.1) is 5.41 Å². The summed E-state index contributed by atoms with van der Waals surface area (Å²) in [6.45, 7) is 5.75. The van der Waals surface area contributed by atoms with Crippen LogP contribution >= 0.6 is 0 Å². The van der Waals surface area contributed by atoms with Crippen LogP contribution < -0.4 is 17.2 Å². The lowest BCUT2D eigenvalue weighted by molar-refractivity contribution is -0.156. The van der Waals surface area contributed by atoms with Crippen LogP contribution in [0.3, 0.4) is 0 Å². The molecule has 46 heavy (non-hydrogen) atoms. The maximum absolute atomic E-state index is 12.3. The molecule has 0 aromatic carbocycles. The van der Waals surface area contributed by atoms with Crippen molar-refractivity contribution >= 4 is 22.1 Å². The van der Waals surface area contributed by atoms with E-state index in [2.05, 4.69) is 13.8 Å². The summed E-state index contributed by atoms with van der Waals surface area (Å²) in [6, 6.07) is 0. The molecule has 0 fully saturated rings. The highest BCUT2D eigenvalue weighted by molar-refractivity contribution is 7.87. The first kappa shape index (κ1) is 51.4. The molecule has 0 aromatic rings. The Morgan fingerprint density at radius 3 is 0.978 bits per heavy atom. The van der Waals surface area contributed by atoms with Crippen LogP contribution in [0.5, 0.6) is 0 Å². The zero-order chi connectivity index (χ0) is 36.1. The summed E-state index contributed by atoms with van der Waals surface area (Å²) in [5, 5.41) is 40.5. The number of carbonyl (C=O) groups is 2. The lowest BCUT2D eigenvalue weighted by Crippen LogP contribution is -2.51. The minimum absolute atomic E-state index is 0.0635. The van der Waals surface area contributed by atoms with Gasteiger partial charge in [0.2, 0.25) is 0 Å².